The first kappa shape index (κ1) is 30.8. The quantitative estimate of drug-likeness (QED) is 0.150. The van der Waals surface area contributed by atoms with Crippen LogP contribution in [-0.4, -0.2) is 48.4 Å². The lowest BCUT2D eigenvalue weighted by Gasteiger charge is -2.33. The molecule has 0 amide bonds. The van der Waals surface area contributed by atoms with E-state index in [1.165, 1.54) is 17.9 Å². The molecule has 9 nitrogen and oxygen atoms in total. The average Bonchev–Trinajstić information content (AvgIpc) is 3.92. The number of ether oxygens (including phenoxy) is 1. The molecule has 2 fully saturated rings. The van der Waals surface area contributed by atoms with Crippen LogP contribution in [0, 0.1) is 39.5 Å². The zero-order valence-corrected chi connectivity index (χ0v) is 31.0. The highest BCUT2D eigenvalue weighted by atomic mass is 19.3. The summed E-state index contributed by atoms with van der Waals surface area (Å²) in [6, 6.07) is 3.76. The van der Waals surface area contributed by atoms with Crippen LogP contribution in [0.4, 0.5) is 17.6 Å². The van der Waals surface area contributed by atoms with Crippen molar-refractivity contribution in [3.8, 4) is 22.3 Å². The number of nitrogens with zero attached hydrogens (tertiary/aromatic N) is 6. The summed E-state index contributed by atoms with van der Waals surface area (Å²) in [7, 11) is 1.53. The number of fused-ring (bicyclic) bond motifs is 2. The van der Waals surface area contributed by atoms with Crippen LogP contribution < -0.4 is 0 Å². The molecule has 2 saturated carbocycles. The van der Waals surface area contributed by atoms with Crippen LogP contribution in [0.3, 0.4) is 0 Å². The third-order valence-electron chi connectivity index (χ3n) is 11.1. The summed E-state index contributed by atoms with van der Waals surface area (Å²) >= 11 is 0. The van der Waals surface area contributed by atoms with Gasteiger partial charge in [-0.15, -0.1) is 0 Å². The second-order valence-electron chi connectivity index (χ2n) is 14.9. The van der Waals surface area contributed by atoms with Crippen molar-refractivity contribution in [1.82, 2.24) is 29.4 Å². The maximum Gasteiger partial charge on any atom is 0.248 e. The number of hydrogen-bond acceptors (Lipinski definition) is 7. The van der Waals surface area contributed by atoms with Crippen LogP contribution in [0.1, 0.15) is 99.7 Å². The molecule has 0 radical (unpaired) electrons. The van der Waals surface area contributed by atoms with Crippen molar-refractivity contribution in [2.75, 3.05) is 7.11 Å². The maximum absolute atomic E-state index is 13.7. The molecular formula is C41H48F4N6O3. The Kier molecular flexibility index (Phi) is 8.33. The number of alkyl halides is 4. The molecule has 0 N–H and O–H groups in total. The summed E-state index contributed by atoms with van der Waals surface area (Å²) in [4.78, 5) is 8.89. The standard InChI is InChI=1S/C21H25F2N3O2.C20H23F2N3O/c1-12-18(13(2)28-25-12)15-9-16-17(11-26(3)20(16)24-10-15)19(27-4)14-5-7-21(22,23)8-6-14;1-12-18(13(2)26-24-12)15-9-17-16(11-25(3)19(17)23-10-15)8-14-4-6-20(21,22)7-5-14/h9-11,14,19H,5-8H2,1-4H3;9-11,14H,4-8H2,1-3H3/i2*3D3. The fourth-order valence-corrected chi connectivity index (χ4v) is 8.31. The first-order valence-corrected chi connectivity index (χ1v) is 18.2. The lowest BCUT2D eigenvalue weighted by atomic mass is 9.81. The van der Waals surface area contributed by atoms with Gasteiger partial charge in [0.15, 0.2) is 0 Å². The van der Waals surface area contributed by atoms with Crippen molar-refractivity contribution in [2.24, 2.45) is 25.8 Å². The van der Waals surface area contributed by atoms with Crippen LogP contribution in [0.25, 0.3) is 44.3 Å². The highest BCUT2D eigenvalue weighted by Gasteiger charge is 2.39. The van der Waals surface area contributed by atoms with Crippen molar-refractivity contribution >= 4 is 22.1 Å². The summed E-state index contributed by atoms with van der Waals surface area (Å²) < 4.78 is 120. The number of halogens is 4. The Morgan fingerprint density at radius 3 is 1.78 bits per heavy atom. The SMILES string of the molecule is [2H]C([2H])([2H])n1cc(C(OC)C2CCC(F)(F)CC2)c2cc(-c3c(C)noc3C)cnc21.[2H]C([2H])([2H])n1cc(CC2CCC(F)(F)CC2)c2cc(-c3c(C)noc3C)cnc21. The maximum atomic E-state index is 13.7. The van der Waals surface area contributed by atoms with Crippen LogP contribution in [-0.2, 0) is 25.1 Å². The molecule has 54 heavy (non-hydrogen) atoms. The molecule has 0 saturated heterocycles. The fourth-order valence-electron chi connectivity index (χ4n) is 8.31. The Hall–Kier alpha value is -4.52. The predicted octanol–water partition coefficient (Wildman–Crippen LogP) is 10.6. The first-order chi connectivity index (χ1) is 28.1. The number of rotatable bonds is 7. The molecule has 2 aliphatic carbocycles. The Morgan fingerprint density at radius 2 is 1.28 bits per heavy atom. The molecule has 8 rings (SSSR count). The third kappa shape index (κ3) is 7.43. The highest BCUT2D eigenvalue weighted by Crippen LogP contribution is 2.45. The number of aromatic nitrogens is 6. The lowest BCUT2D eigenvalue weighted by Crippen LogP contribution is -2.28. The zero-order chi connectivity index (χ0) is 43.5. The average molecular weight is 755 g/mol. The molecule has 13 heteroatoms. The molecule has 0 spiro atoms. The van der Waals surface area contributed by atoms with Gasteiger partial charge in [0, 0.05) is 118 Å². The van der Waals surface area contributed by atoms with Crippen molar-refractivity contribution in [3.05, 3.63) is 71.0 Å². The number of methoxy groups -OCH3 is 1. The third-order valence-corrected chi connectivity index (χ3v) is 11.1. The number of aryl methyl sites for hydroxylation is 6. The first-order valence-electron chi connectivity index (χ1n) is 21.2. The van der Waals surface area contributed by atoms with Crippen molar-refractivity contribution < 1.29 is 39.6 Å². The molecule has 2 aliphatic rings. The Bertz CT molecular complexity index is 2450. The minimum Gasteiger partial charge on any atom is -0.376 e. The van der Waals surface area contributed by atoms with Gasteiger partial charge < -0.3 is 22.9 Å². The van der Waals surface area contributed by atoms with E-state index in [2.05, 4.69) is 20.3 Å². The van der Waals surface area contributed by atoms with Crippen LogP contribution >= 0.6 is 0 Å². The van der Waals surface area contributed by atoms with Gasteiger partial charge in [0.25, 0.3) is 0 Å². The van der Waals surface area contributed by atoms with E-state index in [0.717, 1.165) is 43.5 Å². The topological polar surface area (TPSA) is 96.9 Å². The summed E-state index contributed by atoms with van der Waals surface area (Å²) in [6.07, 6.45) is 7.28. The summed E-state index contributed by atoms with van der Waals surface area (Å²) in [5.41, 5.74) is 6.76. The van der Waals surface area contributed by atoms with Gasteiger partial charge in [-0.25, -0.2) is 27.5 Å². The summed E-state index contributed by atoms with van der Waals surface area (Å²) in [6.45, 7) is 2.47. The van der Waals surface area contributed by atoms with E-state index in [1.54, 1.807) is 25.5 Å². The summed E-state index contributed by atoms with van der Waals surface area (Å²) in [5, 5.41) is 9.32. The minimum absolute atomic E-state index is 0.105. The van der Waals surface area contributed by atoms with E-state index in [9.17, 15) is 17.6 Å². The predicted molar refractivity (Wildman–Crippen MR) is 199 cm³/mol. The largest absolute Gasteiger partial charge is 0.376 e. The summed E-state index contributed by atoms with van der Waals surface area (Å²) in [5.74, 6) is -3.97. The van der Waals surface area contributed by atoms with E-state index in [4.69, 9.17) is 22.0 Å². The normalized spacial score (nSPS) is 20.4. The zero-order valence-electron chi connectivity index (χ0n) is 37.0. The highest BCUT2D eigenvalue weighted by molar-refractivity contribution is 5.87. The smallest absolute Gasteiger partial charge is 0.248 e. The van der Waals surface area contributed by atoms with Crippen LogP contribution in [0.5, 0.6) is 0 Å². The van der Waals surface area contributed by atoms with Crippen molar-refractivity contribution in [3.63, 3.8) is 0 Å². The molecule has 6 aromatic rings. The minimum atomic E-state index is -2.65. The van der Waals surface area contributed by atoms with Crippen LogP contribution in [0.15, 0.2) is 46.0 Å². The fraction of sp³-hybridized carbons (Fsp3) is 0.512. The van der Waals surface area contributed by atoms with E-state index in [-0.39, 0.29) is 37.5 Å². The van der Waals surface area contributed by atoms with Crippen LogP contribution in [0.2, 0.25) is 0 Å². The van der Waals surface area contributed by atoms with E-state index in [0.29, 0.717) is 71.6 Å². The van der Waals surface area contributed by atoms with Gasteiger partial charge in [-0.05, 0) is 89.3 Å². The van der Waals surface area contributed by atoms with Gasteiger partial charge in [0.2, 0.25) is 11.8 Å². The Balaban J connectivity index is 0.000000182. The van der Waals surface area contributed by atoms with Gasteiger partial charge >= 0.3 is 0 Å². The molecule has 1 atom stereocenters. The Morgan fingerprint density at radius 1 is 0.778 bits per heavy atom. The monoisotopic (exact) mass is 754 g/mol. The van der Waals surface area contributed by atoms with Gasteiger partial charge in [0.1, 0.15) is 22.8 Å². The second kappa shape index (κ2) is 14.6. The van der Waals surface area contributed by atoms with Gasteiger partial charge in [-0.2, -0.15) is 0 Å². The molecule has 288 valence electrons. The second-order valence-corrected chi connectivity index (χ2v) is 14.9. The molecule has 0 aromatic carbocycles. The molecule has 6 aromatic heterocycles. The molecule has 0 bridgehead atoms. The lowest BCUT2D eigenvalue weighted by molar-refractivity contribution is -0.0687. The molecule has 1 unspecified atom stereocenters. The van der Waals surface area contributed by atoms with E-state index in [1.807, 2.05) is 32.9 Å². The molecule has 6 heterocycles. The van der Waals surface area contributed by atoms with Gasteiger partial charge in [-0.3, -0.25) is 0 Å². The van der Waals surface area contributed by atoms with Gasteiger partial charge in [-0.1, -0.05) is 10.3 Å². The van der Waals surface area contributed by atoms with Crippen molar-refractivity contribution in [1.29, 1.82) is 0 Å². The van der Waals surface area contributed by atoms with E-state index >= 15 is 0 Å². The molecule has 0 aliphatic heterocycles. The Labute approximate surface area is 320 Å². The number of hydrogen-bond donors (Lipinski definition) is 0. The number of pyridine rings is 2. The van der Waals surface area contributed by atoms with Crippen molar-refractivity contribution in [2.45, 2.75) is 103 Å². The van der Waals surface area contributed by atoms with E-state index < -0.39 is 31.9 Å². The molecular weight excluding hydrogens is 700 g/mol. The van der Waals surface area contributed by atoms with Gasteiger partial charge in [0.05, 0.1) is 17.5 Å².